The van der Waals surface area contributed by atoms with Crippen LogP contribution in [0.3, 0.4) is 0 Å². The average molecular weight is 367 g/mol. The normalized spacial score (nSPS) is 11.4. The molecule has 3 heterocycles. The minimum atomic E-state index is 0.0110. The van der Waals surface area contributed by atoms with Gasteiger partial charge in [-0.25, -0.2) is 9.97 Å². The third-order valence-electron chi connectivity index (χ3n) is 4.27. The highest BCUT2D eigenvalue weighted by Crippen LogP contribution is 2.30. The summed E-state index contributed by atoms with van der Waals surface area (Å²) in [5.41, 5.74) is 3.18. The van der Waals surface area contributed by atoms with Gasteiger partial charge in [-0.1, -0.05) is 43.0 Å². The molecule has 0 saturated carbocycles. The van der Waals surface area contributed by atoms with Crippen LogP contribution in [-0.4, -0.2) is 20.8 Å². The number of aryl methyl sites for hydroxylation is 1. The van der Waals surface area contributed by atoms with Crippen molar-refractivity contribution in [2.45, 2.75) is 25.0 Å². The van der Waals surface area contributed by atoms with Crippen LogP contribution in [0.15, 0.2) is 52.5 Å². The van der Waals surface area contributed by atoms with Gasteiger partial charge in [0.2, 0.25) is 0 Å². The van der Waals surface area contributed by atoms with E-state index in [2.05, 4.69) is 36.2 Å². The van der Waals surface area contributed by atoms with E-state index in [9.17, 15) is 4.79 Å². The van der Waals surface area contributed by atoms with Crippen LogP contribution in [0.1, 0.15) is 18.1 Å². The van der Waals surface area contributed by atoms with Crippen LogP contribution in [0.4, 0.5) is 0 Å². The fraction of sp³-hybridized carbons (Fsp3) is 0.211. The van der Waals surface area contributed by atoms with E-state index in [1.807, 2.05) is 18.4 Å². The number of rotatable bonds is 4. The largest absolute Gasteiger partial charge is 0.282 e. The number of thiophene rings is 1. The molecule has 0 bridgehead atoms. The second-order valence-corrected chi connectivity index (χ2v) is 7.57. The van der Waals surface area contributed by atoms with Gasteiger partial charge < -0.3 is 0 Å². The van der Waals surface area contributed by atoms with Gasteiger partial charge in [0.25, 0.3) is 5.56 Å². The van der Waals surface area contributed by atoms with Gasteiger partial charge in [-0.05, 0) is 35.9 Å². The van der Waals surface area contributed by atoms with Crippen LogP contribution < -0.4 is 5.56 Å². The second-order valence-electron chi connectivity index (χ2n) is 5.80. The van der Waals surface area contributed by atoms with Crippen LogP contribution in [0, 0.1) is 0 Å². The van der Waals surface area contributed by atoms with E-state index in [0.29, 0.717) is 11.2 Å². The molecule has 4 rings (SSSR count). The summed E-state index contributed by atoms with van der Waals surface area (Å²) in [6, 6.07) is 12.3. The van der Waals surface area contributed by atoms with Crippen molar-refractivity contribution in [3.8, 4) is 0 Å². The van der Waals surface area contributed by atoms with Crippen molar-refractivity contribution < 1.29 is 0 Å². The summed E-state index contributed by atoms with van der Waals surface area (Å²) in [6.07, 6.45) is 4.72. The van der Waals surface area contributed by atoms with Crippen LogP contribution in [0.5, 0.6) is 0 Å². The second kappa shape index (κ2) is 6.61. The summed E-state index contributed by atoms with van der Waals surface area (Å²) in [4.78, 5) is 23.1. The monoisotopic (exact) mass is 367 g/mol. The number of fused-ring (bicyclic) bond motifs is 3. The zero-order valence-electron chi connectivity index (χ0n) is 14.0. The van der Waals surface area contributed by atoms with Crippen molar-refractivity contribution in [2.75, 3.05) is 6.26 Å². The van der Waals surface area contributed by atoms with Crippen molar-refractivity contribution in [3.63, 3.8) is 0 Å². The molecule has 6 heteroatoms. The summed E-state index contributed by atoms with van der Waals surface area (Å²) in [5.74, 6) is 0. The maximum Gasteiger partial charge on any atom is 0.272 e. The first kappa shape index (κ1) is 16.3. The highest BCUT2D eigenvalue weighted by molar-refractivity contribution is 7.98. The Labute approximate surface area is 153 Å². The van der Waals surface area contributed by atoms with Crippen molar-refractivity contribution in [2.24, 2.45) is 0 Å². The van der Waals surface area contributed by atoms with E-state index in [1.165, 1.54) is 28.7 Å². The highest BCUT2D eigenvalue weighted by Gasteiger charge is 2.16. The summed E-state index contributed by atoms with van der Waals surface area (Å²) < 4.78 is 2.44. The standard InChI is InChI=1S/C19H17N3OS2/c1-3-12-6-8-13(9-7-12)11-22-18(23)16-15(21-19(22)24-2)14-5-4-10-20-17(14)25-16/h4-10H,3,11H2,1-2H3. The van der Waals surface area contributed by atoms with Gasteiger partial charge in [0.15, 0.2) is 5.16 Å². The van der Waals surface area contributed by atoms with Gasteiger partial charge in [-0.2, -0.15) is 0 Å². The number of nitrogens with zero attached hydrogens (tertiary/aromatic N) is 3. The molecule has 4 nitrogen and oxygen atoms in total. The molecular weight excluding hydrogens is 350 g/mol. The van der Waals surface area contributed by atoms with E-state index >= 15 is 0 Å². The molecule has 126 valence electrons. The molecule has 0 unspecified atom stereocenters. The highest BCUT2D eigenvalue weighted by atomic mass is 32.2. The molecule has 0 spiro atoms. The minimum Gasteiger partial charge on any atom is -0.282 e. The minimum absolute atomic E-state index is 0.0110. The quantitative estimate of drug-likeness (QED) is 0.398. The molecule has 0 aliphatic carbocycles. The van der Waals surface area contributed by atoms with Crippen molar-refractivity contribution in [1.82, 2.24) is 14.5 Å². The first-order valence-electron chi connectivity index (χ1n) is 8.11. The lowest BCUT2D eigenvalue weighted by atomic mass is 10.1. The van der Waals surface area contributed by atoms with E-state index in [4.69, 9.17) is 4.98 Å². The average Bonchev–Trinajstić information content (AvgIpc) is 3.03. The molecule has 3 aromatic heterocycles. The lowest BCUT2D eigenvalue weighted by Gasteiger charge is -2.11. The Morgan fingerprint density at radius 1 is 1.16 bits per heavy atom. The fourth-order valence-corrected chi connectivity index (χ4v) is 4.48. The van der Waals surface area contributed by atoms with Crippen molar-refractivity contribution in [1.29, 1.82) is 0 Å². The topological polar surface area (TPSA) is 47.8 Å². The SMILES string of the molecule is CCc1ccc(Cn2c(SC)nc3c(sc4ncccc43)c2=O)cc1. The first-order chi connectivity index (χ1) is 12.2. The van der Waals surface area contributed by atoms with Gasteiger partial charge >= 0.3 is 0 Å². The maximum absolute atomic E-state index is 13.1. The molecule has 1 aromatic carbocycles. The predicted octanol–water partition coefficient (Wildman–Crippen LogP) is 4.34. The molecule has 4 aromatic rings. The zero-order valence-corrected chi connectivity index (χ0v) is 15.7. The van der Waals surface area contributed by atoms with Gasteiger partial charge in [0.05, 0.1) is 12.1 Å². The zero-order chi connectivity index (χ0) is 17.4. The molecule has 0 radical (unpaired) electrons. The number of benzene rings is 1. The molecule has 0 amide bonds. The van der Waals surface area contributed by atoms with Crippen LogP contribution >= 0.6 is 23.1 Å². The van der Waals surface area contributed by atoms with Crippen LogP contribution in [0.25, 0.3) is 20.4 Å². The molecule has 0 N–H and O–H groups in total. The van der Waals surface area contributed by atoms with Crippen molar-refractivity contribution >= 4 is 43.5 Å². The summed E-state index contributed by atoms with van der Waals surface area (Å²) >= 11 is 2.92. The third-order valence-corrected chi connectivity index (χ3v) is 6.04. The van der Waals surface area contributed by atoms with Gasteiger partial charge in [0.1, 0.15) is 9.53 Å². The first-order valence-corrected chi connectivity index (χ1v) is 10.1. The number of aromatic nitrogens is 3. The number of pyridine rings is 1. The number of hydrogen-bond acceptors (Lipinski definition) is 5. The summed E-state index contributed by atoms with van der Waals surface area (Å²) in [5, 5.41) is 1.69. The summed E-state index contributed by atoms with van der Waals surface area (Å²) in [7, 11) is 0. The van der Waals surface area contributed by atoms with E-state index in [-0.39, 0.29) is 5.56 Å². The summed E-state index contributed by atoms with van der Waals surface area (Å²) in [6.45, 7) is 2.67. The maximum atomic E-state index is 13.1. The Kier molecular flexibility index (Phi) is 4.31. The Morgan fingerprint density at radius 2 is 1.92 bits per heavy atom. The lowest BCUT2D eigenvalue weighted by Crippen LogP contribution is -2.23. The van der Waals surface area contributed by atoms with E-state index < -0.39 is 0 Å². The Balaban J connectivity index is 1.88. The van der Waals surface area contributed by atoms with Gasteiger partial charge in [-0.15, -0.1) is 11.3 Å². The van der Waals surface area contributed by atoms with Crippen LogP contribution in [-0.2, 0) is 13.0 Å². The molecule has 0 saturated heterocycles. The molecule has 0 atom stereocenters. The third kappa shape index (κ3) is 2.85. The molecule has 25 heavy (non-hydrogen) atoms. The molecule has 0 fully saturated rings. The molecular formula is C19H17N3OS2. The molecule has 0 aliphatic rings. The predicted molar refractivity (Wildman–Crippen MR) is 106 cm³/mol. The Morgan fingerprint density at radius 3 is 2.64 bits per heavy atom. The Hall–Kier alpha value is -2.18. The van der Waals surface area contributed by atoms with Gasteiger partial charge in [-0.3, -0.25) is 9.36 Å². The fourth-order valence-electron chi connectivity index (χ4n) is 2.90. The van der Waals surface area contributed by atoms with E-state index in [0.717, 1.165) is 32.9 Å². The number of thioether (sulfide) groups is 1. The van der Waals surface area contributed by atoms with E-state index in [1.54, 1.807) is 10.8 Å². The van der Waals surface area contributed by atoms with Crippen LogP contribution in [0.2, 0.25) is 0 Å². The number of hydrogen-bond donors (Lipinski definition) is 0. The lowest BCUT2D eigenvalue weighted by molar-refractivity contribution is 0.660. The smallest absolute Gasteiger partial charge is 0.272 e. The van der Waals surface area contributed by atoms with Gasteiger partial charge in [0, 0.05) is 11.6 Å². The van der Waals surface area contributed by atoms with Crippen molar-refractivity contribution in [3.05, 3.63) is 64.1 Å². The molecule has 0 aliphatic heterocycles. The Bertz CT molecular complexity index is 1110.